The average molecular weight is 425 g/mol. The Morgan fingerprint density at radius 2 is 1.86 bits per heavy atom. The van der Waals surface area contributed by atoms with Crippen LogP contribution in [0.15, 0.2) is 47.4 Å². The van der Waals surface area contributed by atoms with E-state index in [1.165, 1.54) is 16.4 Å². The topological polar surface area (TPSA) is 95.8 Å². The molecule has 0 amide bonds. The number of hydrogen-bond donors (Lipinski definition) is 1. The molecule has 150 valence electrons. The van der Waals surface area contributed by atoms with E-state index >= 15 is 0 Å². The van der Waals surface area contributed by atoms with Crippen LogP contribution in [0, 0.1) is 10.1 Å². The van der Waals surface area contributed by atoms with Crippen molar-refractivity contribution < 1.29 is 13.3 Å². The fourth-order valence-corrected chi connectivity index (χ4v) is 4.65. The average Bonchev–Trinajstić information content (AvgIpc) is 2.66. The van der Waals surface area contributed by atoms with Crippen LogP contribution in [0.25, 0.3) is 0 Å². The van der Waals surface area contributed by atoms with Gasteiger partial charge in [-0.1, -0.05) is 23.7 Å². The summed E-state index contributed by atoms with van der Waals surface area (Å²) in [6, 6.07) is 11.1. The van der Waals surface area contributed by atoms with Gasteiger partial charge in [-0.2, -0.15) is 4.31 Å². The molecule has 28 heavy (non-hydrogen) atoms. The van der Waals surface area contributed by atoms with Gasteiger partial charge in [0.2, 0.25) is 10.0 Å². The second-order valence-corrected chi connectivity index (χ2v) is 9.00. The minimum absolute atomic E-state index is 0.0722. The zero-order chi connectivity index (χ0) is 20.3. The van der Waals surface area contributed by atoms with Gasteiger partial charge >= 0.3 is 0 Å². The normalized spacial score (nSPS) is 16.1. The Kier molecular flexibility index (Phi) is 6.19. The maximum Gasteiger partial charge on any atom is 0.293 e. The summed E-state index contributed by atoms with van der Waals surface area (Å²) >= 11 is 5.95. The second-order valence-electron chi connectivity index (χ2n) is 6.63. The Morgan fingerprint density at radius 3 is 2.50 bits per heavy atom. The van der Waals surface area contributed by atoms with Crippen molar-refractivity contribution in [3.05, 3.63) is 63.2 Å². The first-order valence-electron chi connectivity index (χ1n) is 8.73. The van der Waals surface area contributed by atoms with E-state index in [1.54, 1.807) is 18.2 Å². The zero-order valence-electron chi connectivity index (χ0n) is 15.3. The van der Waals surface area contributed by atoms with Gasteiger partial charge in [-0.25, -0.2) is 8.42 Å². The number of rotatable bonds is 6. The molecule has 1 fully saturated rings. The summed E-state index contributed by atoms with van der Waals surface area (Å²) in [6.45, 7) is 2.30. The highest BCUT2D eigenvalue weighted by atomic mass is 35.5. The van der Waals surface area contributed by atoms with E-state index in [9.17, 15) is 18.5 Å². The molecule has 1 aliphatic heterocycles. The largest absolute Gasteiger partial charge is 0.375 e. The van der Waals surface area contributed by atoms with Crippen molar-refractivity contribution in [2.24, 2.45) is 0 Å². The fraction of sp³-hybridized carbons (Fsp3) is 0.333. The molecular weight excluding hydrogens is 404 g/mol. The molecule has 1 saturated heterocycles. The maximum absolute atomic E-state index is 12.8. The summed E-state index contributed by atoms with van der Waals surface area (Å²) in [4.78, 5) is 12.9. The first kappa shape index (κ1) is 20.5. The number of nitrogens with zero attached hydrogens (tertiary/aromatic N) is 3. The quantitative estimate of drug-likeness (QED) is 0.565. The highest BCUT2D eigenvalue weighted by Crippen LogP contribution is 2.30. The van der Waals surface area contributed by atoms with E-state index in [2.05, 4.69) is 5.32 Å². The zero-order valence-corrected chi connectivity index (χ0v) is 16.9. The number of nitrogens with one attached hydrogen (secondary N) is 1. The van der Waals surface area contributed by atoms with Crippen molar-refractivity contribution in [3.63, 3.8) is 0 Å². The first-order chi connectivity index (χ1) is 13.3. The number of halogens is 1. The maximum atomic E-state index is 12.8. The molecule has 2 aromatic rings. The van der Waals surface area contributed by atoms with Crippen LogP contribution >= 0.6 is 11.6 Å². The van der Waals surface area contributed by atoms with Crippen molar-refractivity contribution in [1.29, 1.82) is 0 Å². The summed E-state index contributed by atoms with van der Waals surface area (Å²) in [6.07, 6.45) is 0. The molecule has 0 radical (unpaired) electrons. The predicted molar refractivity (Wildman–Crippen MR) is 108 cm³/mol. The van der Waals surface area contributed by atoms with Crippen molar-refractivity contribution in [2.45, 2.75) is 11.4 Å². The van der Waals surface area contributed by atoms with Gasteiger partial charge < -0.3 is 10.2 Å². The Bertz CT molecular complexity index is 975. The Balaban J connectivity index is 1.83. The second kappa shape index (κ2) is 8.44. The first-order valence-corrected chi connectivity index (χ1v) is 10.5. The number of piperazine rings is 1. The third kappa shape index (κ3) is 4.61. The molecule has 1 aliphatic rings. The summed E-state index contributed by atoms with van der Waals surface area (Å²) < 4.78 is 27.1. The predicted octanol–water partition coefficient (Wildman–Crippen LogP) is 2.80. The van der Waals surface area contributed by atoms with E-state index in [4.69, 9.17) is 11.6 Å². The van der Waals surface area contributed by atoms with Gasteiger partial charge in [0.1, 0.15) is 5.69 Å². The summed E-state index contributed by atoms with van der Waals surface area (Å²) in [7, 11) is -1.85. The van der Waals surface area contributed by atoms with Gasteiger partial charge in [0, 0.05) is 43.8 Å². The number of sulfonamides is 1. The molecule has 0 bridgehead atoms. The van der Waals surface area contributed by atoms with Crippen LogP contribution in [0.4, 0.5) is 11.4 Å². The fourth-order valence-electron chi connectivity index (χ4n) is 2.99. The minimum atomic E-state index is -3.77. The molecule has 0 unspecified atom stereocenters. The van der Waals surface area contributed by atoms with Crippen LogP contribution in [-0.2, 0) is 16.6 Å². The van der Waals surface area contributed by atoms with E-state index in [0.29, 0.717) is 37.7 Å². The van der Waals surface area contributed by atoms with Gasteiger partial charge in [-0.3, -0.25) is 10.1 Å². The van der Waals surface area contributed by atoms with E-state index in [1.807, 2.05) is 18.0 Å². The number of nitro groups is 1. The standard InChI is InChI=1S/C18H21ClN4O4S/c1-21-7-9-22(10-8-21)28(26,27)16-5-6-17(18(12-16)23(24)25)20-13-14-3-2-4-15(19)11-14/h2-6,11-12,20H,7-10,13H2,1H3. The summed E-state index contributed by atoms with van der Waals surface area (Å²) in [5.74, 6) is 0. The van der Waals surface area contributed by atoms with Crippen LogP contribution in [0.3, 0.4) is 0 Å². The van der Waals surface area contributed by atoms with E-state index in [-0.39, 0.29) is 16.3 Å². The lowest BCUT2D eigenvalue weighted by Crippen LogP contribution is -2.47. The van der Waals surface area contributed by atoms with Crippen LogP contribution in [0.2, 0.25) is 5.02 Å². The van der Waals surface area contributed by atoms with Crippen molar-refractivity contribution in [3.8, 4) is 0 Å². The molecule has 2 aromatic carbocycles. The minimum Gasteiger partial charge on any atom is -0.375 e. The van der Waals surface area contributed by atoms with Gasteiger partial charge in [0.15, 0.2) is 0 Å². The summed E-state index contributed by atoms with van der Waals surface area (Å²) in [5, 5.41) is 15.1. The smallest absolute Gasteiger partial charge is 0.293 e. The van der Waals surface area contributed by atoms with Crippen molar-refractivity contribution in [2.75, 3.05) is 38.5 Å². The molecule has 0 aliphatic carbocycles. The lowest BCUT2D eigenvalue weighted by molar-refractivity contribution is -0.384. The molecule has 8 nitrogen and oxygen atoms in total. The molecule has 0 spiro atoms. The number of likely N-dealkylation sites (N-methyl/N-ethyl adjacent to an activating group) is 1. The molecule has 3 rings (SSSR count). The number of nitro benzene ring substituents is 1. The lowest BCUT2D eigenvalue weighted by atomic mass is 10.2. The van der Waals surface area contributed by atoms with Gasteiger partial charge in [0.05, 0.1) is 9.82 Å². The highest BCUT2D eigenvalue weighted by molar-refractivity contribution is 7.89. The molecule has 1 N–H and O–H groups in total. The third-order valence-corrected chi connectivity index (χ3v) is 6.77. The monoisotopic (exact) mass is 424 g/mol. The van der Waals surface area contributed by atoms with Gasteiger partial charge in [0.25, 0.3) is 5.69 Å². The van der Waals surface area contributed by atoms with Gasteiger partial charge in [-0.15, -0.1) is 0 Å². The van der Waals surface area contributed by atoms with Gasteiger partial charge in [-0.05, 0) is 36.9 Å². The van der Waals surface area contributed by atoms with Crippen LogP contribution in [0.5, 0.6) is 0 Å². The SMILES string of the molecule is CN1CCN(S(=O)(=O)c2ccc(NCc3cccc(Cl)c3)c([N+](=O)[O-])c2)CC1. The highest BCUT2D eigenvalue weighted by Gasteiger charge is 2.29. The van der Waals surface area contributed by atoms with E-state index in [0.717, 1.165) is 11.6 Å². The molecule has 0 atom stereocenters. The molecule has 10 heteroatoms. The summed E-state index contributed by atoms with van der Waals surface area (Å²) in [5.41, 5.74) is 0.829. The van der Waals surface area contributed by atoms with Crippen LogP contribution in [-0.4, -0.2) is 55.8 Å². The number of anilines is 1. The third-order valence-electron chi connectivity index (χ3n) is 4.64. The van der Waals surface area contributed by atoms with Crippen molar-refractivity contribution in [1.82, 2.24) is 9.21 Å². The molecular formula is C18H21ClN4O4S. The van der Waals surface area contributed by atoms with E-state index < -0.39 is 14.9 Å². The lowest BCUT2D eigenvalue weighted by Gasteiger charge is -2.31. The van der Waals surface area contributed by atoms with Crippen molar-refractivity contribution >= 4 is 33.0 Å². The molecule has 1 heterocycles. The molecule has 0 aromatic heterocycles. The Morgan fingerprint density at radius 1 is 1.14 bits per heavy atom. The van der Waals surface area contributed by atoms with Crippen LogP contribution < -0.4 is 5.32 Å². The number of benzene rings is 2. The molecule has 0 saturated carbocycles. The van der Waals surface area contributed by atoms with Crippen LogP contribution in [0.1, 0.15) is 5.56 Å². The Labute approximate surface area is 168 Å². The Hall–Kier alpha value is -2.20. The number of hydrogen-bond acceptors (Lipinski definition) is 6.